The molecular formula is C22H27NO2S. The zero-order valence-corrected chi connectivity index (χ0v) is 16.6. The van der Waals surface area contributed by atoms with Crippen molar-refractivity contribution < 1.29 is 9.90 Å². The number of aromatic carboxylic acids is 1. The van der Waals surface area contributed by atoms with Gasteiger partial charge in [-0.1, -0.05) is 32.0 Å². The molecular weight excluding hydrogens is 342 g/mol. The van der Waals surface area contributed by atoms with Gasteiger partial charge in [0, 0.05) is 15.8 Å². The highest BCUT2D eigenvalue weighted by Crippen LogP contribution is 2.47. The van der Waals surface area contributed by atoms with Crippen molar-refractivity contribution in [2.45, 2.75) is 58.4 Å². The first-order valence-corrected chi connectivity index (χ1v) is 10.4. The molecule has 0 radical (unpaired) electrons. The van der Waals surface area contributed by atoms with E-state index in [4.69, 9.17) is 0 Å². The summed E-state index contributed by atoms with van der Waals surface area (Å²) < 4.78 is 0. The number of hydrogen-bond acceptors (Lipinski definition) is 3. The van der Waals surface area contributed by atoms with Gasteiger partial charge in [0.2, 0.25) is 0 Å². The molecule has 3 nitrogen and oxygen atoms in total. The van der Waals surface area contributed by atoms with E-state index in [1.165, 1.54) is 16.0 Å². The lowest BCUT2D eigenvalue weighted by Crippen LogP contribution is -2.22. The number of carboxylic acid groups (broad SMARTS) is 1. The first-order valence-electron chi connectivity index (χ1n) is 9.58. The van der Waals surface area contributed by atoms with Gasteiger partial charge in [-0.15, -0.1) is 11.3 Å². The fourth-order valence-electron chi connectivity index (χ4n) is 4.70. The smallest absolute Gasteiger partial charge is 0.337 e. The third kappa shape index (κ3) is 2.89. The third-order valence-electron chi connectivity index (χ3n) is 6.09. The van der Waals surface area contributed by atoms with Crippen LogP contribution in [0.15, 0.2) is 18.2 Å². The van der Waals surface area contributed by atoms with E-state index in [0.29, 0.717) is 11.6 Å². The lowest BCUT2D eigenvalue weighted by Gasteiger charge is -2.29. The van der Waals surface area contributed by atoms with E-state index in [1.54, 1.807) is 11.3 Å². The van der Waals surface area contributed by atoms with Crippen molar-refractivity contribution in [1.82, 2.24) is 5.32 Å². The lowest BCUT2D eigenvalue weighted by molar-refractivity contribution is 0.0696. The van der Waals surface area contributed by atoms with Crippen LogP contribution in [0.2, 0.25) is 0 Å². The molecule has 1 unspecified atom stereocenters. The molecule has 2 aromatic rings. The SMILES string of the molecule is CNC1CCCc2c(-c3sc4c(c3C(=O)O)CC(C)(C)CC4)cccc21. The van der Waals surface area contributed by atoms with E-state index in [1.807, 2.05) is 7.05 Å². The maximum absolute atomic E-state index is 12.2. The molecule has 1 aromatic heterocycles. The molecule has 0 saturated heterocycles. The van der Waals surface area contributed by atoms with E-state index >= 15 is 0 Å². The van der Waals surface area contributed by atoms with Crippen LogP contribution in [0.1, 0.15) is 71.1 Å². The fraction of sp³-hybridized carbons (Fsp3) is 0.500. The van der Waals surface area contributed by atoms with Crippen LogP contribution in [-0.4, -0.2) is 18.1 Å². The van der Waals surface area contributed by atoms with Crippen molar-refractivity contribution in [2.75, 3.05) is 7.05 Å². The first kappa shape index (κ1) is 17.7. The van der Waals surface area contributed by atoms with Crippen LogP contribution in [0, 0.1) is 5.41 Å². The average molecular weight is 370 g/mol. The summed E-state index contributed by atoms with van der Waals surface area (Å²) in [5.74, 6) is -0.770. The third-order valence-corrected chi connectivity index (χ3v) is 7.41. The van der Waals surface area contributed by atoms with Gasteiger partial charge in [0.1, 0.15) is 0 Å². The van der Waals surface area contributed by atoms with Gasteiger partial charge in [-0.2, -0.15) is 0 Å². The second-order valence-corrected chi connectivity index (χ2v) is 9.57. The molecule has 138 valence electrons. The standard InChI is InChI=1S/C22H27NO2S/c1-22(2)11-10-18-16(12-22)19(21(24)25)20(26-18)15-8-4-7-14-13(15)6-5-9-17(14)23-3/h4,7-8,17,23H,5-6,9-12H2,1-3H3,(H,24,25). The van der Waals surface area contributed by atoms with Gasteiger partial charge in [0.25, 0.3) is 0 Å². The molecule has 1 atom stereocenters. The van der Waals surface area contributed by atoms with Crippen LogP contribution in [0.25, 0.3) is 10.4 Å². The molecule has 0 spiro atoms. The minimum Gasteiger partial charge on any atom is -0.478 e. The maximum Gasteiger partial charge on any atom is 0.337 e. The summed E-state index contributed by atoms with van der Waals surface area (Å²) in [6, 6.07) is 6.81. The number of aryl methyl sites for hydroxylation is 1. The van der Waals surface area contributed by atoms with E-state index in [-0.39, 0.29) is 5.41 Å². The van der Waals surface area contributed by atoms with Gasteiger partial charge < -0.3 is 10.4 Å². The van der Waals surface area contributed by atoms with Crippen molar-refractivity contribution in [2.24, 2.45) is 5.41 Å². The summed E-state index contributed by atoms with van der Waals surface area (Å²) in [7, 11) is 2.01. The number of fused-ring (bicyclic) bond motifs is 2. The van der Waals surface area contributed by atoms with Crippen molar-refractivity contribution in [3.05, 3.63) is 45.3 Å². The molecule has 26 heavy (non-hydrogen) atoms. The Bertz CT molecular complexity index is 865. The highest BCUT2D eigenvalue weighted by Gasteiger charge is 2.34. The summed E-state index contributed by atoms with van der Waals surface area (Å²) in [5.41, 5.74) is 5.68. The minimum atomic E-state index is -0.770. The van der Waals surface area contributed by atoms with Gasteiger partial charge in [0.05, 0.1) is 5.56 Å². The summed E-state index contributed by atoms with van der Waals surface area (Å²) in [6.07, 6.45) is 6.34. The first-order chi connectivity index (χ1) is 12.4. The predicted octanol–water partition coefficient (Wildman–Crippen LogP) is 5.23. The molecule has 4 heteroatoms. The number of nitrogens with one attached hydrogen (secondary N) is 1. The van der Waals surface area contributed by atoms with Crippen LogP contribution in [0.3, 0.4) is 0 Å². The number of carbonyl (C=O) groups is 1. The van der Waals surface area contributed by atoms with Crippen LogP contribution in [0.4, 0.5) is 0 Å². The second-order valence-electron chi connectivity index (χ2n) is 8.46. The van der Waals surface area contributed by atoms with E-state index < -0.39 is 5.97 Å². The summed E-state index contributed by atoms with van der Waals surface area (Å²) in [6.45, 7) is 4.50. The average Bonchev–Trinajstić information content (AvgIpc) is 2.97. The molecule has 0 aliphatic heterocycles. The molecule has 2 aliphatic rings. The Balaban J connectivity index is 1.90. The van der Waals surface area contributed by atoms with Gasteiger partial charge in [-0.3, -0.25) is 0 Å². The summed E-state index contributed by atoms with van der Waals surface area (Å²) in [5, 5.41) is 13.5. The molecule has 1 aromatic carbocycles. The molecule has 0 saturated carbocycles. The minimum absolute atomic E-state index is 0.183. The Morgan fingerprint density at radius 3 is 2.81 bits per heavy atom. The van der Waals surface area contributed by atoms with E-state index in [2.05, 4.69) is 37.4 Å². The van der Waals surface area contributed by atoms with Crippen LogP contribution < -0.4 is 5.32 Å². The summed E-state index contributed by atoms with van der Waals surface area (Å²) in [4.78, 5) is 14.5. The molecule has 1 heterocycles. The van der Waals surface area contributed by atoms with Gasteiger partial charge in [0.15, 0.2) is 0 Å². The molecule has 4 rings (SSSR count). The number of thiophene rings is 1. The monoisotopic (exact) mass is 369 g/mol. The molecule has 0 fully saturated rings. The lowest BCUT2D eigenvalue weighted by atomic mass is 9.75. The van der Waals surface area contributed by atoms with Gasteiger partial charge in [-0.05, 0) is 73.2 Å². The van der Waals surface area contributed by atoms with Crippen LogP contribution >= 0.6 is 11.3 Å². The Kier molecular flexibility index (Phi) is 4.44. The number of rotatable bonds is 3. The van der Waals surface area contributed by atoms with Crippen LogP contribution in [0.5, 0.6) is 0 Å². The zero-order valence-electron chi connectivity index (χ0n) is 15.8. The van der Waals surface area contributed by atoms with Crippen molar-refractivity contribution in [3.8, 4) is 10.4 Å². The zero-order chi connectivity index (χ0) is 18.5. The van der Waals surface area contributed by atoms with E-state index in [0.717, 1.165) is 54.5 Å². The highest BCUT2D eigenvalue weighted by atomic mass is 32.1. The normalized spacial score (nSPS) is 21.1. The number of hydrogen-bond donors (Lipinski definition) is 2. The largest absolute Gasteiger partial charge is 0.478 e. The second kappa shape index (κ2) is 6.50. The summed E-state index contributed by atoms with van der Waals surface area (Å²) >= 11 is 1.72. The number of carboxylic acids is 1. The Morgan fingerprint density at radius 1 is 1.27 bits per heavy atom. The predicted molar refractivity (Wildman–Crippen MR) is 107 cm³/mol. The molecule has 2 N–H and O–H groups in total. The molecule has 2 aliphatic carbocycles. The van der Waals surface area contributed by atoms with Crippen LogP contribution in [-0.2, 0) is 19.3 Å². The van der Waals surface area contributed by atoms with Gasteiger partial charge in [-0.25, -0.2) is 4.79 Å². The van der Waals surface area contributed by atoms with Crippen molar-refractivity contribution >= 4 is 17.3 Å². The van der Waals surface area contributed by atoms with E-state index in [9.17, 15) is 9.90 Å². The van der Waals surface area contributed by atoms with Crippen molar-refractivity contribution in [3.63, 3.8) is 0 Å². The maximum atomic E-state index is 12.2. The quantitative estimate of drug-likeness (QED) is 0.779. The highest BCUT2D eigenvalue weighted by molar-refractivity contribution is 7.16. The van der Waals surface area contributed by atoms with Gasteiger partial charge >= 0.3 is 5.97 Å². The topological polar surface area (TPSA) is 49.3 Å². The Morgan fingerprint density at radius 2 is 2.08 bits per heavy atom. The van der Waals surface area contributed by atoms with Crippen molar-refractivity contribution in [1.29, 1.82) is 0 Å². The molecule has 0 amide bonds. The number of benzene rings is 1. The molecule has 0 bridgehead atoms. The Hall–Kier alpha value is -1.65. The fourth-order valence-corrected chi connectivity index (χ4v) is 6.06. The Labute approximate surface area is 159 Å².